The van der Waals surface area contributed by atoms with Gasteiger partial charge in [-0.2, -0.15) is 5.26 Å². The summed E-state index contributed by atoms with van der Waals surface area (Å²) in [5.74, 6) is 0.555. The van der Waals surface area contributed by atoms with Gasteiger partial charge in [0.05, 0.1) is 24.0 Å². The molecule has 3 rings (SSSR count). The molecule has 0 radical (unpaired) electrons. The summed E-state index contributed by atoms with van der Waals surface area (Å²) in [7, 11) is 0. The zero-order chi connectivity index (χ0) is 22.5. The zero-order valence-corrected chi connectivity index (χ0v) is 15.8. The van der Waals surface area contributed by atoms with Crippen LogP contribution in [0.3, 0.4) is 0 Å². The van der Waals surface area contributed by atoms with Crippen molar-refractivity contribution in [2.45, 2.75) is 6.61 Å². The second-order valence-electron chi connectivity index (χ2n) is 6.13. The third-order valence-corrected chi connectivity index (χ3v) is 4.38. The van der Waals surface area contributed by atoms with E-state index in [1.165, 1.54) is 6.26 Å². The van der Waals surface area contributed by atoms with E-state index in [0.717, 1.165) is 12.1 Å². The number of ether oxygens (including phenoxy) is 1. The Bertz CT molecular complexity index is 1210. The first kappa shape index (κ1) is 21.3. The van der Waals surface area contributed by atoms with Gasteiger partial charge in [-0.1, -0.05) is 30.3 Å². The summed E-state index contributed by atoms with van der Waals surface area (Å²) in [6.07, 6.45) is 1.24. The van der Waals surface area contributed by atoms with Crippen LogP contribution in [-0.4, -0.2) is 28.1 Å². The van der Waals surface area contributed by atoms with Gasteiger partial charge < -0.3 is 19.4 Å². The number of phenolic OH excluding ortho intramolecular Hbond substituents is 1. The minimum absolute atomic E-state index is 0.104. The van der Waals surface area contributed by atoms with Crippen LogP contribution in [0.2, 0.25) is 0 Å². The van der Waals surface area contributed by atoms with Crippen molar-refractivity contribution in [3.8, 4) is 22.9 Å². The Kier molecular flexibility index (Phi) is 6.11. The SMILES string of the molecule is N#Cc1c(O)ccc(C(=O)OC(=O)c2occ(-c3ccccc3)c2CO)c1C(=O)NN. The fourth-order valence-electron chi connectivity index (χ4n) is 2.94. The molecule has 0 bridgehead atoms. The lowest BCUT2D eigenvalue weighted by Crippen LogP contribution is -2.32. The maximum Gasteiger partial charge on any atom is 0.382 e. The van der Waals surface area contributed by atoms with E-state index in [4.69, 9.17) is 15.0 Å². The second kappa shape index (κ2) is 8.91. The second-order valence-corrected chi connectivity index (χ2v) is 6.13. The number of hydrogen-bond donors (Lipinski definition) is 4. The molecule has 10 nitrogen and oxygen atoms in total. The number of aliphatic hydroxyl groups is 1. The number of benzene rings is 2. The molecule has 1 amide bonds. The van der Waals surface area contributed by atoms with Gasteiger partial charge in [0.2, 0.25) is 5.76 Å². The number of carbonyl (C=O) groups is 3. The summed E-state index contributed by atoms with van der Waals surface area (Å²) in [4.78, 5) is 37.1. The van der Waals surface area contributed by atoms with Crippen LogP contribution in [0.25, 0.3) is 11.1 Å². The molecule has 31 heavy (non-hydrogen) atoms. The third kappa shape index (κ3) is 3.99. The first-order chi connectivity index (χ1) is 14.9. The van der Waals surface area contributed by atoms with E-state index in [0.29, 0.717) is 11.1 Å². The molecule has 10 heteroatoms. The molecule has 2 aromatic carbocycles. The number of carbonyl (C=O) groups excluding carboxylic acids is 3. The van der Waals surface area contributed by atoms with Gasteiger partial charge in [-0.25, -0.2) is 15.4 Å². The van der Waals surface area contributed by atoms with E-state index in [2.05, 4.69) is 0 Å². The number of hydrazine groups is 1. The van der Waals surface area contributed by atoms with Crippen molar-refractivity contribution in [2.75, 3.05) is 0 Å². The van der Waals surface area contributed by atoms with Crippen LogP contribution in [0.1, 0.15) is 42.4 Å². The standard InChI is InChI=1S/C21H15N3O7/c22-8-13-16(26)7-6-12(17(13)19(27)24-23)20(28)31-21(29)18-14(9-25)15(10-30-18)11-4-2-1-3-5-11/h1-7,10,25-26H,9,23H2,(H,24,27). The number of nitrogens with one attached hydrogen (secondary N) is 1. The van der Waals surface area contributed by atoms with Gasteiger partial charge >= 0.3 is 11.9 Å². The van der Waals surface area contributed by atoms with Crippen LogP contribution < -0.4 is 11.3 Å². The van der Waals surface area contributed by atoms with Gasteiger partial charge in [0.1, 0.15) is 17.4 Å². The molecular formula is C21H15N3O7. The van der Waals surface area contributed by atoms with E-state index < -0.39 is 52.7 Å². The number of amides is 1. The quantitative estimate of drug-likeness (QED) is 0.157. The van der Waals surface area contributed by atoms with Crippen molar-refractivity contribution >= 4 is 17.8 Å². The van der Waals surface area contributed by atoms with Gasteiger partial charge in [0.25, 0.3) is 5.91 Å². The van der Waals surface area contributed by atoms with Crippen LogP contribution in [0.15, 0.2) is 53.1 Å². The van der Waals surface area contributed by atoms with Crippen molar-refractivity contribution in [1.82, 2.24) is 5.43 Å². The summed E-state index contributed by atoms with van der Waals surface area (Å²) >= 11 is 0. The van der Waals surface area contributed by atoms with E-state index in [1.54, 1.807) is 41.8 Å². The molecule has 0 fully saturated rings. The summed E-state index contributed by atoms with van der Waals surface area (Å²) in [6, 6.07) is 12.4. The van der Waals surface area contributed by atoms with Crippen LogP contribution in [0, 0.1) is 11.3 Å². The fourth-order valence-corrected chi connectivity index (χ4v) is 2.94. The maximum absolute atomic E-state index is 12.6. The lowest BCUT2D eigenvalue weighted by molar-refractivity contribution is 0.0370. The molecule has 0 aliphatic carbocycles. The minimum Gasteiger partial charge on any atom is -0.507 e. The third-order valence-electron chi connectivity index (χ3n) is 4.38. The van der Waals surface area contributed by atoms with Gasteiger partial charge in [0.15, 0.2) is 0 Å². The number of aromatic hydroxyl groups is 1. The number of nitrogens with two attached hydrogens (primary N) is 1. The van der Waals surface area contributed by atoms with Gasteiger partial charge in [0, 0.05) is 11.1 Å². The molecular weight excluding hydrogens is 406 g/mol. The molecule has 0 atom stereocenters. The lowest BCUT2D eigenvalue weighted by atomic mass is 10.00. The molecule has 1 heterocycles. The number of nitriles is 1. The number of furan rings is 1. The number of hydrogen-bond acceptors (Lipinski definition) is 9. The minimum atomic E-state index is -1.29. The van der Waals surface area contributed by atoms with Crippen molar-refractivity contribution in [3.05, 3.63) is 76.7 Å². The normalized spacial score (nSPS) is 10.2. The molecule has 0 saturated carbocycles. The van der Waals surface area contributed by atoms with E-state index in [9.17, 15) is 29.9 Å². The molecule has 0 unspecified atom stereocenters. The Labute approximate surface area is 175 Å². The lowest BCUT2D eigenvalue weighted by Gasteiger charge is -2.10. The Balaban J connectivity index is 1.96. The summed E-state index contributed by atoms with van der Waals surface area (Å²) in [5, 5.41) is 28.7. The number of nitrogen functional groups attached to an aromatic ring is 1. The number of rotatable bonds is 5. The van der Waals surface area contributed by atoms with Crippen LogP contribution in [-0.2, 0) is 11.3 Å². The number of nitrogens with zero attached hydrogens (tertiary/aromatic N) is 1. The molecule has 0 aliphatic heterocycles. The fraction of sp³-hybridized carbons (Fsp3) is 0.0476. The first-order valence-corrected chi connectivity index (χ1v) is 8.73. The number of aliphatic hydroxyl groups excluding tert-OH is 1. The maximum atomic E-state index is 12.6. The Hall–Kier alpha value is -4.46. The highest BCUT2D eigenvalue weighted by Crippen LogP contribution is 2.29. The molecule has 0 spiro atoms. The van der Waals surface area contributed by atoms with Crippen LogP contribution >= 0.6 is 0 Å². The number of phenols is 1. The topological polar surface area (TPSA) is 176 Å². The smallest absolute Gasteiger partial charge is 0.382 e. The average Bonchev–Trinajstić information content (AvgIpc) is 3.23. The van der Waals surface area contributed by atoms with Crippen molar-refractivity contribution < 1.29 is 33.8 Å². The van der Waals surface area contributed by atoms with Crippen molar-refractivity contribution in [2.24, 2.45) is 5.84 Å². The van der Waals surface area contributed by atoms with Crippen molar-refractivity contribution in [1.29, 1.82) is 5.26 Å². The highest BCUT2D eigenvalue weighted by atomic mass is 16.6. The van der Waals surface area contributed by atoms with Gasteiger partial charge in [-0.05, 0) is 17.7 Å². The van der Waals surface area contributed by atoms with Crippen LogP contribution in [0.4, 0.5) is 0 Å². The van der Waals surface area contributed by atoms with Gasteiger partial charge in [-0.15, -0.1) is 0 Å². The Morgan fingerprint density at radius 1 is 1.13 bits per heavy atom. The summed E-state index contributed by atoms with van der Waals surface area (Å²) in [6.45, 7) is -0.571. The van der Waals surface area contributed by atoms with E-state index in [1.807, 2.05) is 0 Å². The highest BCUT2D eigenvalue weighted by Gasteiger charge is 2.29. The largest absolute Gasteiger partial charge is 0.507 e. The monoisotopic (exact) mass is 421 g/mol. The zero-order valence-electron chi connectivity index (χ0n) is 15.8. The molecule has 0 saturated heterocycles. The van der Waals surface area contributed by atoms with Crippen LogP contribution in [0.5, 0.6) is 5.75 Å². The Morgan fingerprint density at radius 2 is 1.84 bits per heavy atom. The Morgan fingerprint density at radius 3 is 2.45 bits per heavy atom. The predicted molar refractivity (Wildman–Crippen MR) is 104 cm³/mol. The predicted octanol–water partition coefficient (Wildman–Crippen LogP) is 1.62. The van der Waals surface area contributed by atoms with E-state index in [-0.39, 0.29) is 5.56 Å². The molecule has 156 valence electrons. The molecule has 3 aromatic rings. The average molecular weight is 421 g/mol. The van der Waals surface area contributed by atoms with Gasteiger partial charge in [-0.3, -0.25) is 10.2 Å². The summed E-state index contributed by atoms with van der Waals surface area (Å²) in [5.41, 5.74) is 1.40. The van der Waals surface area contributed by atoms with E-state index >= 15 is 0 Å². The number of esters is 2. The molecule has 1 aromatic heterocycles. The molecule has 0 aliphatic rings. The summed E-state index contributed by atoms with van der Waals surface area (Å²) < 4.78 is 10.0. The molecule has 5 N–H and O–H groups in total. The highest BCUT2D eigenvalue weighted by molar-refractivity contribution is 6.10. The van der Waals surface area contributed by atoms with Crippen molar-refractivity contribution in [3.63, 3.8) is 0 Å². The first-order valence-electron chi connectivity index (χ1n) is 8.73.